The van der Waals surface area contributed by atoms with Crippen LogP contribution in [0, 0.1) is 5.41 Å². The highest BCUT2D eigenvalue weighted by atomic mass is 32.1. The van der Waals surface area contributed by atoms with Crippen LogP contribution < -0.4 is 10.5 Å². The molecule has 1 aliphatic carbocycles. The maximum atomic E-state index is 11.5. The van der Waals surface area contributed by atoms with Crippen LogP contribution in [0.4, 0.5) is 5.82 Å². The fourth-order valence-electron chi connectivity index (χ4n) is 1.87. The van der Waals surface area contributed by atoms with E-state index >= 15 is 0 Å². The van der Waals surface area contributed by atoms with Gasteiger partial charge in [0, 0.05) is 22.7 Å². The lowest BCUT2D eigenvalue weighted by molar-refractivity contribution is 0.392. The first kappa shape index (κ1) is 8.69. The van der Waals surface area contributed by atoms with Gasteiger partial charge in [0.1, 0.15) is 5.82 Å². The van der Waals surface area contributed by atoms with Crippen LogP contribution in [0.2, 0.25) is 0 Å². The van der Waals surface area contributed by atoms with Gasteiger partial charge in [-0.1, -0.05) is 13.8 Å². The van der Waals surface area contributed by atoms with Crippen LogP contribution in [-0.2, 0) is 12.8 Å². The lowest BCUT2D eigenvalue weighted by Gasteiger charge is -2.14. The predicted octanol–water partition coefficient (Wildman–Crippen LogP) is 1.21. The lowest BCUT2D eigenvalue weighted by atomic mass is 9.90. The Kier molecular flexibility index (Phi) is 1.70. The van der Waals surface area contributed by atoms with Gasteiger partial charge in [-0.15, -0.1) is 0 Å². The van der Waals surface area contributed by atoms with Gasteiger partial charge in [-0.05, 0) is 18.3 Å². The van der Waals surface area contributed by atoms with Crippen molar-refractivity contribution in [3.63, 3.8) is 0 Å². The molecule has 0 saturated carbocycles. The Bertz CT molecular complexity index is 409. The fourth-order valence-corrected chi connectivity index (χ4v) is 2.47. The standard InChI is InChI=1S/C9H12N2OS/c1-9(2)3-5-6(4-9)8(12)13-11-7(5)10/h3-4H2,1-2H3,(H2,10,11). The average molecular weight is 196 g/mol. The summed E-state index contributed by atoms with van der Waals surface area (Å²) in [5, 5.41) is 0. The molecule has 70 valence electrons. The molecule has 0 bridgehead atoms. The van der Waals surface area contributed by atoms with Crippen LogP contribution in [0.1, 0.15) is 25.0 Å². The monoisotopic (exact) mass is 196 g/mol. The zero-order valence-corrected chi connectivity index (χ0v) is 8.57. The van der Waals surface area contributed by atoms with Crippen molar-refractivity contribution in [3.8, 4) is 0 Å². The zero-order chi connectivity index (χ0) is 9.64. The molecule has 0 atom stereocenters. The molecule has 4 heteroatoms. The molecular formula is C9H12N2OS. The van der Waals surface area contributed by atoms with Gasteiger partial charge >= 0.3 is 0 Å². The number of fused-ring (bicyclic) bond motifs is 1. The first-order chi connectivity index (χ1) is 5.99. The first-order valence-corrected chi connectivity index (χ1v) is 5.04. The summed E-state index contributed by atoms with van der Waals surface area (Å²) < 4.78 is 4.00. The Hall–Kier alpha value is -0.900. The second-order valence-corrected chi connectivity index (χ2v) is 5.07. The largest absolute Gasteiger partial charge is 0.383 e. The molecule has 13 heavy (non-hydrogen) atoms. The quantitative estimate of drug-likeness (QED) is 0.678. The highest BCUT2D eigenvalue weighted by Gasteiger charge is 2.32. The third-order valence-electron chi connectivity index (χ3n) is 2.46. The SMILES string of the molecule is CC1(C)Cc2c(N)nsc(=O)c2C1. The number of aromatic nitrogens is 1. The second-order valence-electron chi connectivity index (χ2n) is 4.33. The van der Waals surface area contributed by atoms with E-state index in [0.29, 0.717) is 5.82 Å². The van der Waals surface area contributed by atoms with Gasteiger partial charge in [0.15, 0.2) is 0 Å². The topological polar surface area (TPSA) is 56.0 Å². The number of hydrogen-bond acceptors (Lipinski definition) is 4. The number of rotatable bonds is 0. The minimum Gasteiger partial charge on any atom is -0.383 e. The normalized spacial score (nSPS) is 18.6. The molecule has 0 aliphatic heterocycles. The number of anilines is 1. The molecule has 0 aromatic carbocycles. The molecular weight excluding hydrogens is 184 g/mol. The van der Waals surface area contributed by atoms with E-state index in [4.69, 9.17) is 5.73 Å². The molecule has 1 heterocycles. The van der Waals surface area contributed by atoms with Crippen molar-refractivity contribution < 1.29 is 0 Å². The van der Waals surface area contributed by atoms with Gasteiger partial charge in [0.25, 0.3) is 4.74 Å². The summed E-state index contributed by atoms with van der Waals surface area (Å²) in [5.41, 5.74) is 7.77. The molecule has 0 amide bonds. The van der Waals surface area contributed by atoms with Crippen molar-refractivity contribution in [2.75, 3.05) is 5.73 Å². The fraction of sp³-hybridized carbons (Fsp3) is 0.556. The summed E-state index contributed by atoms with van der Waals surface area (Å²) in [6.45, 7) is 4.30. The summed E-state index contributed by atoms with van der Waals surface area (Å²) in [7, 11) is 0. The minimum absolute atomic E-state index is 0.0785. The van der Waals surface area contributed by atoms with E-state index in [9.17, 15) is 4.79 Å². The van der Waals surface area contributed by atoms with Gasteiger partial charge in [-0.25, -0.2) is 0 Å². The van der Waals surface area contributed by atoms with Crippen LogP contribution >= 0.6 is 11.5 Å². The van der Waals surface area contributed by atoms with Gasteiger partial charge < -0.3 is 5.73 Å². The van der Waals surface area contributed by atoms with E-state index < -0.39 is 0 Å². The summed E-state index contributed by atoms with van der Waals surface area (Å²) in [6, 6.07) is 0. The van der Waals surface area contributed by atoms with Gasteiger partial charge in [0.2, 0.25) is 0 Å². The van der Waals surface area contributed by atoms with Gasteiger partial charge in [0.05, 0.1) is 0 Å². The summed E-state index contributed by atoms with van der Waals surface area (Å²) in [4.78, 5) is 11.5. The number of hydrogen-bond donors (Lipinski definition) is 1. The minimum atomic E-state index is 0.0785. The van der Waals surface area contributed by atoms with E-state index in [1.165, 1.54) is 0 Å². The molecule has 1 aliphatic rings. The highest BCUT2D eigenvalue weighted by Crippen LogP contribution is 2.36. The third-order valence-corrected chi connectivity index (χ3v) is 3.16. The zero-order valence-electron chi connectivity index (χ0n) is 7.76. The van der Waals surface area contributed by atoms with Crippen molar-refractivity contribution in [1.29, 1.82) is 0 Å². The molecule has 0 unspecified atom stereocenters. The average Bonchev–Trinajstić information content (AvgIpc) is 2.35. The van der Waals surface area contributed by atoms with Crippen LogP contribution in [0.25, 0.3) is 0 Å². The predicted molar refractivity (Wildman–Crippen MR) is 54.0 cm³/mol. The summed E-state index contributed by atoms with van der Waals surface area (Å²) >= 11 is 0.970. The van der Waals surface area contributed by atoms with E-state index in [-0.39, 0.29) is 10.2 Å². The third kappa shape index (κ3) is 1.35. The van der Waals surface area contributed by atoms with Crippen molar-refractivity contribution in [3.05, 3.63) is 20.7 Å². The van der Waals surface area contributed by atoms with Crippen molar-refractivity contribution in [1.82, 2.24) is 4.37 Å². The summed E-state index contributed by atoms with van der Waals surface area (Å²) in [6.07, 6.45) is 1.72. The van der Waals surface area contributed by atoms with E-state index in [2.05, 4.69) is 18.2 Å². The molecule has 2 N–H and O–H groups in total. The first-order valence-electron chi connectivity index (χ1n) is 4.27. The van der Waals surface area contributed by atoms with E-state index in [1.54, 1.807) is 0 Å². The Morgan fingerprint density at radius 3 is 2.62 bits per heavy atom. The Balaban J connectivity index is 2.63. The maximum Gasteiger partial charge on any atom is 0.253 e. The van der Waals surface area contributed by atoms with Crippen LogP contribution in [0.15, 0.2) is 4.79 Å². The highest BCUT2D eigenvalue weighted by molar-refractivity contribution is 7.03. The molecule has 0 saturated heterocycles. The number of nitrogens with zero attached hydrogens (tertiary/aromatic N) is 1. The Morgan fingerprint density at radius 1 is 1.38 bits per heavy atom. The molecule has 0 spiro atoms. The number of nitrogens with two attached hydrogens (primary N) is 1. The van der Waals surface area contributed by atoms with Crippen LogP contribution in [0.5, 0.6) is 0 Å². The smallest absolute Gasteiger partial charge is 0.253 e. The van der Waals surface area contributed by atoms with Gasteiger partial charge in [-0.3, -0.25) is 4.79 Å². The molecule has 1 aromatic rings. The Labute approximate surface area is 80.8 Å². The molecule has 3 nitrogen and oxygen atoms in total. The van der Waals surface area contributed by atoms with E-state index in [1.807, 2.05) is 0 Å². The van der Waals surface area contributed by atoms with Crippen molar-refractivity contribution in [2.45, 2.75) is 26.7 Å². The number of nitrogen functional groups attached to an aromatic ring is 1. The molecule has 0 radical (unpaired) electrons. The summed E-state index contributed by atoms with van der Waals surface area (Å²) in [5.74, 6) is 0.546. The lowest BCUT2D eigenvalue weighted by Crippen LogP contribution is -2.11. The molecule has 1 aromatic heterocycles. The van der Waals surface area contributed by atoms with Crippen molar-refractivity contribution in [2.24, 2.45) is 5.41 Å². The van der Waals surface area contributed by atoms with Crippen molar-refractivity contribution >= 4 is 17.4 Å². The van der Waals surface area contributed by atoms with Crippen LogP contribution in [0.3, 0.4) is 0 Å². The molecule has 2 rings (SSSR count). The maximum absolute atomic E-state index is 11.5. The Morgan fingerprint density at radius 2 is 2.00 bits per heavy atom. The van der Waals surface area contributed by atoms with Crippen LogP contribution in [-0.4, -0.2) is 4.37 Å². The van der Waals surface area contributed by atoms with Gasteiger partial charge in [-0.2, -0.15) is 4.37 Å². The molecule has 0 fully saturated rings. The second kappa shape index (κ2) is 2.54. The van der Waals surface area contributed by atoms with E-state index in [0.717, 1.165) is 35.5 Å².